The van der Waals surface area contributed by atoms with Gasteiger partial charge in [0, 0.05) is 48.1 Å². The van der Waals surface area contributed by atoms with Gasteiger partial charge in [-0.3, -0.25) is 19.3 Å². The molecule has 0 aromatic heterocycles. The number of carbonyl (C=O) groups is 3. The van der Waals surface area contributed by atoms with Crippen LogP contribution >= 0.6 is 11.6 Å². The highest BCUT2D eigenvalue weighted by Gasteiger charge is 2.54. The van der Waals surface area contributed by atoms with Crippen LogP contribution in [0.2, 0.25) is 5.02 Å². The van der Waals surface area contributed by atoms with Gasteiger partial charge in [0.15, 0.2) is 0 Å². The lowest BCUT2D eigenvalue weighted by Gasteiger charge is -2.44. The zero-order valence-corrected chi connectivity index (χ0v) is 19.5. The minimum absolute atomic E-state index is 0.0557. The van der Waals surface area contributed by atoms with Gasteiger partial charge in [-0.2, -0.15) is 0 Å². The third-order valence-corrected chi connectivity index (χ3v) is 6.37. The first kappa shape index (κ1) is 23.3. The number of carbonyl (C=O) groups excluding carboxylic acids is 3. The molecule has 8 heteroatoms. The minimum atomic E-state index is -0.934. The summed E-state index contributed by atoms with van der Waals surface area (Å²) in [6.07, 6.45) is 0.840. The van der Waals surface area contributed by atoms with E-state index in [-0.39, 0.29) is 30.4 Å². The number of likely N-dealkylation sites (tertiary alicyclic amines) is 1. The van der Waals surface area contributed by atoms with Crippen LogP contribution in [-0.2, 0) is 9.53 Å². The number of ether oxygens (including phenoxy) is 1. The summed E-state index contributed by atoms with van der Waals surface area (Å²) in [5.41, 5.74) is 0.0937. The molecule has 2 saturated heterocycles. The maximum atomic E-state index is 13.6. The Hall–Kier alpha value is -2.90. The van der Waals surface area contributed by atoms with Crippen molar-refractivity contribution in [3.63, 3.8) is 0 Å². The minimum Gasteiger partial charge on any atom is -0.353 e. The van der Waals surface area contributed by atoms with Crippen molar-refractivity contribution in [1.82, 2.24) is 15.1 Å². The van der Waals surface area contributed by atoms with Crippen molar-refractivity contribution in [2.75, 3.05) is 19.7 Å². The van der Waals surface area contributed by atoms with Crippen molar-refractivity contribution in [2.24, 2.45) is 0 Å². The summed E-state index contributed by atoms with van der Waals surface area (Å²) in [4.78, 5) is 42.8. The molecular weight excluding hydrogens is 442 g/mol. The number of piperidine rings is 1. The van der Waals surface area contributed by atoms with Crippen LogP contribution in [0.25, 0.3) is 0 Å². The average Bonchev–Trinajstić information content (AvgIpc) is 3.17. The maximum Gasteiger partial charge on any atom is 0.256 e. The normalized spacial score (nSPS) is 19.7. The van der Waals surface area contributed by atoms with Gasteiger partial charge in [-0.05, 0) is 44.2 Å². The number of rotatable bonds is 4. The average molecular weight is 470 g/mol. The second-order valence-corrected chi connectivity index (χ2v) is 9.22. The first-order valence-corrected chi connectivity index (χ1v) is 11.6. The fraction of sp³-hybridized carbons (Fsp3) is 0.400. The summed E-state index contributed by atoms with van der Waals surface area (Å²) in [6.45, 7) is 4.70. The Labute approximate surface area is 198 Å². The van der Waals surface area contributed by atoms with Crippen LogP contribution in [0.5, 0.6) is 0 Å². The van der Waals surface area contributed by atoms with E-state index in [4.69, 9.17) is 16.3 Å². The number of nitrogens with one attached hydrogen (secondary N) is 1. The molecule has 3 amide bonds. The van der Waals surface area contributed by atoms with E-state index in [1.807, 2.05) is 19.9 Å². The van der Waals surface area contributed by atoms with Crippen LogP contribution in [-0.4, -0.2) is 65.0 Å². The monoisotopic (exact) mass is 469 g/mol. The van der Waals surface area contributed by atoms with E-state index < -0.39 is 11.8 Å². The van der Waals surface area contributed by atoms with Crippen LogP contribution in [0.1, 0.15) is 47.4 Å². The molecule has 2 heterocycles. The van der Waals surface area contributed by atoms with E-state index in [0.717, 1.165) is 0 Å². The molecule has 1 atom stereocenters. The molecule has 2 aromatic rings. The molecule has 4 rings (SSSR count). The van der Waals surface area contributed by atoms with E-state index >= 15 is 0 Å². The Morgan fingerprint density at radius 1 is 1.00 bits per heavy atom. The molecule has 0 aliphatic carbocycles. The largest absolute Gasteiger partial charge is 0.353 e. The van der Waals surface area contributed by atoms with Gasteiger partial charge >= 0.3 is 0 Å². The van der Waals surface area contributed by atoms with E-state index in [9.17, 15) is 14.4 Å². The Morgan fingerprint density at radius 3 is 2.30 bits per heavy atom. The molecule has 2 aromatic carbocycles. The van der Waals surface area contributed by atoms with Gasteiger partial charge in [0.05, 0.1) is 6.61 Å². The third kappa shape index (κ3) is 4.75. The third-order valence-electron chi connectivity index (χ3n) is 6.14. The number of nitrogens with zero attached hydrogens (tertiary/aromatic N) is 2. The predicted octanol–water partition coefficient (Wildman–Crippen LogP) is 3.34. The van der Waals surface area contributed by atoms with Crippen LogP contribution in [0.3, 0.4) is 0 Å². The maximum absolute atomic E-state index is 13.6. The molecule has 0 bridgehead atoms. The molecular formula is C25H28ClN3O4. The standard InChI is InChI=1S/C25H28ClN3O4/c1-17(2)27-22(30)21-16-33-25(29(21)24(32)18-7-4-3-5-8-18)11-13-28(14-12-25)23(31)19-9-6-10-20(26)15-19/h3-10,15,17,21H,11-14,16H2,1-2H3,(H,27,30)/t21-/m1/s1. The van der Waals surface area contributed by atoms with Gasteiger partial charge in [-0.25, -0.2) is 0 Å². The van der Waals surface area contributed by atoms with E-state index in [0.29, 0.717) is 42.1 Å². The fourth-order valence-electron chi connectivity index (χ4n) is 4.53. The van der Waals surface area contributed by atoms with Gasteiger partial charge in [0.2, 0.25) is 5.91 Å². The van der Waals surface area contributed by atoms with Crippen LogP contribution in [0.15, 0.2) is 54.6 Å². The van der Waals surface area contributed by atoms with Crippen molar-refractivity contribution in [1.29, 1.82) is 0 Å². The molecule has 0 saturated carbocycles. The Kier molecular flexibility index (Phi) is 6.72. The van der Waals surface area contributed by atoms with Gasteiger partial charge in [-0.1, -0.05) is 35.9 Å². The van der Waals surface area contributed by atoms with Crippen LogP contribution in [0.4, 0.5) is 0 Å². The Balaban J connectivity index is 1.57. The molecule has 0 unspecified atom stereocenters. The summed E-state index contributed by atoms with van der Waals surface area (Å²) < 4.78 is 6.19. The summed E-state index contributed by atoms with van der Waals surface area (Å²) in [5, 5.41) is 3.41. The SMILES string of the molecule is CC(C)NC(=O)[C@H]1COC2(CCN(C(=O)c3cccc(Cl)c3)CC2)N1C(=O)c1ccccc1. The highest BCUT2D eigenvalue weighted by atomic mass is 35.5. The number of hydrogen-bond donors (Lipinski definition) is 1. The molecule has 0 radical (unpaired) electrons. The lowest BCUT2D eigenvalue weighted by Crippen LogP contribution is -2.60. The second kappa shape index (κ2) is 9.53. The zero-order valence-electron chi connectivity index (χ0n) is 18.8. The smallest absolute Gasteiger partial charge is 0.256 e. The summed E-state index contributed by atoms with van der Waals surface area (Å²) in [7, 11) is 0. The molecule has 33 heavy (non-hydrogen) atoms. The lowest BCUT2D eigenvalue weighted by molar-refractivity contribution is -0.128. The fourth-order valence-corrected chi connectivity index (χ4v) is 4.72. The van der Waals surface area contributed by atoms with Crippen molar-refractivity contribution < 1.29 is 19.1 Å². The number of amides is 3. The second-order valence-electron chi connectivity index (χ2n) is 8.78. The molecule has 2 aliphatic heterocycles. The topological polar surface area (TPSA) is 79.0 Å². The number of halogens is 1. The lowest BCUT2D eigenvalue weighted by atomic mass is 9.96. The van der Waals surface area contributed by atoms with E-state index in [2.05, 4.69) is 5.32 Å². The first-order chi connectivity index (χ1) is 15.8. The van der Waals surface area contributed by atoms with Gasteiger partial charge in [0.25, 0.3) is 11.8 Å². The van der Waals surface area contributed by atoms with E-state index in [1.165, 1.54) is 0 Å². The molecule has 2 fully saturated rings. The van der Waals surface area contributed by atoms with Crippen molar-refractivity contribution in [3.05, 3.63) is 70.7 Å². The molecule has 1 N–H and O–H groups in total. The predicted molar refractivity (Wildman–Crippen MR) is 125 cm³/mol. The van der Waals surface area contributed by atoms with Crippen molar-refractivity contribution >= 4 is 29.3 Å². The summed E-state index contributed by atoms with van der Waals surface area (Å²) in [6, 6.07) is 15.0. The number of benzene rings is 2. The quantitative estimate of drug-likeness (QED) is 0.744. The van der Waals surface area contributed by atoms with Crippen molar-refractivity contribution in [2.45, 2.75) is 44.5 Å². The van der Waals surface area contributed by atoms with Gasteiger partial charge in [-0.15, -0.1) is 0 Å². The summed E-state index contributed by atoms with van der Waals surface area (Å²) in [5.74, 6) is -0.587. The van der Waals surface area contributed by atoms with Gasteiger partial charge in [0.1, 0.15) is 11.8 Å². The summed E-state index contributed by atoms with van der Waals surface area (Å²) >= 11 is 6.05. The molecule has 174 valence electrons. The Bertz CT molecular complexity index is 1030. The highest BCUT2D eigenvalue weighted by Crippen LogP contribution is 2.39. The van der Waals surface area contributed by atoms with Gasteiger partial charge < -0.3 is 15.0 Å². The molecule has 7 nitrogen and oxygen atoms in total. The highest BCUT2D eigenvalue weighted by molar-refractivity contribution is 6.30. The first-order valence-electron chi connectivity index (χ1n) is 11.2. The van der Waals surface area contributed by atoms with Crippen LogP contribution in [0, 0.1) is 0 Å². The van der Waals surface area contributed by atoms with E-state index in [1.54, 1.807) is 58.3 Å². The molecule has 2 aliphatic rings. The molecule has 1 spiro atoms. The van der Waals surface area contributed by atoms with Crippen molar-refractivity contribution in [3.8, 4) is 0 Å². The Morgan fingerprint density at radius 2 is 1.67 bits per heavy atom. The van der Waals surface area contributed by atoms with Crippen LogP contribution < -0.4 is 5.32 Å². The number of hydrogen-bond acceptors (Lipinski definition) is 4. The zero-order chi connectivity index (χ0) is 23.6.